The molecule has 5 nitrogen and oxygen atoms in total. The Kier molecular flexibility index (Phi) is 7.04. The highest BCUT2D eigenvalue weighted by atomic mass is 16.2. The minimum Gasteiger partial charge on any atom is -0.343 e. The van der Waals surface area contributed by atoms with Crippen molar-refractivity contribution in [2.24, 2.45) is 0 Å². The van der Waals surface area contributed by atoms with Crippen molar-refractivity contribution < 1.29 is 14.5 Å². The molecule has 154 valence electrons. The molecule has 0 atom stereocenters. The van der Waals surface area contributed by atoms with Crippen molar-refractivity contribution in [1.82, 2.24) is 10.2 Å². The van der Waals surface area contributed by atoms with Gasteiger partial charge >= 0.3 is 0 Å². The molecule has 29 heavy (non-hydrogen) atoms. The molecule has 1 saturated heterocycles. The van der Waals surface area contributed by atoms with Crippen molar-refractivity contribution in [3.63, 3.8) is 0 Å². The van der Waals surface area contributed by atoms with Gasteiger partial charge in [0.05, 0.1) is 32.7 Å². The lowest BCUT2D eigenvalue weighted by Crippen LogP contribution is -3.13. The molecular weight excluding hydrogens is 362 g/mol. The Hall–Kier alpha value is -2.66. The zero-order chi connectivity index (χ0) is 20.8. The lowest BCUT2D eigenvalue weighted by atomic mass is 10.0. The van der Waals surface area contributed by atoms with Crippen LogP contribution in [0.15, 0.2) is 48.5 Å². The van der Waals surface area contributed by atoms with Crippen molar-refractivity contribution in [3.8, 4) is 0 Å². The number of carbonyl (C=O) groups excluding carboxylic acids is 2. The summed E-state index contributed by atoms with van der Waals surface area (Å²) < 4.78 is 0. The standard InChI is InChI=1S/C24H31N3O2/c1-18(2)21-9-7-20(8-10-21)17-26-11-13-27(14-12-26)23(28)16-25-24(29)22-6-4-5-19(3)15-22/h4-10,15,18H,11-14,16-17H2,1-3H3,(H,25,29)/p+1. The zero-order valence-electron chi connectivity index (χ0n) is 17.7. The number of amides is 2. The summed E-state index contributed by atoms with van der Waals surface area (Å²) in [7, 11) is 0. The first-order valence-electron chi connectivity index (χ1n) is 10.5. The molecule has 0 spiro atoms. The Bertz CT molecular complexity index is 837. The van der Waals surface area contributed by atoms with E-state index < -0.39 is 0 Å². The van der Waals surface area contributed by atoms with Crippen LogP contribution in [0.25, 0.3) is 0 Å². The van der Waals surface area contributed by atoms with Crippen LogP contribution in [0, 0.1) is 6.92 Å². The van der Waals surface area contributed by atoms with Crippen LogP contribution in [0.4, 0.5) is 0 Å². The van der Waals surface area contributed by atoms with Gasteiger partial charge in [0.25, 0.3) is 5.91 Å². The lowest BCUT2D eigenvalue weighted by molar-refractivity contribution is -0.917. The number of hydrogen-bond donors (Lipinski definition) is 2. The van der Waals surface area contributed by atoms with Crippen LogP contribution in [0.2, 0.25) is 0 Å². The van der Waals surface area contributed by atoms with Gasteiger partial charge in [0.1, 0.15) is 6.54 Å². The highest BCUT2D eigenvalue weighted by molar-refractivity contribution is 5.96. The van der Waals surface area contributed by atoms with Crippen LogP contribution >= 0.6 is 0 Å². The number of carbonyl (C=O) groups is 2. The number of nitrogens with one attached hydrogen (secondary N) is 2. The van der Waals surface area contributed by atoms with Crippen LogP contribution in [-0.4, -0.2) is 49.4 Å². The topological polar surface area (TPSA) is 53.9 Å². The van der Waals surface area contributed by atoms with Gasteiger partial charge in [-0.15, -0.1) is 0 Å². The fourth-order valence-corrected chi connectivity index (χ4v) is 3.71. The number of aryl methyl sites for hydroxylation is 1. The molecule has 0 aliphatic carbocycles. The summed E-state index contributed by atoms with van der Waals surface area (Å²) in [4.78, 5) is 28.0. The second-order valence-electron chi connectivity index (χ2n) is 8.26. The van der Waals surface area contributed by atoms with Crippen molar-refractivity contribution in [2.45, 2.75) is 33.2 Å². The molecule has 3 rings (SSSR count). The van der Waals surface area contributed by atoms with E-state index in [4.69, 9.17) is 0 Å². The Balaban J connectivity index is 1.42. The Labute approximate surface area is 173 Å². The summed E-state index contributed by atoms with van der Waals surface area (Å²) in [6.07, 6.45) is 0. The molecule has 1 fully saturated rings. The van der Waals surface area contributed by atoms with Gasteiger partial charge in [0, 0.05) is 11.1 Å². The normalized spacial score (nSPS) is 14.8. The average molecular weight is 395 g/mol. The molecule has 0 aromatic heterocycles. The molecule has 5 heteroatoms. The van der Waals surface area contributed by atoms with Crippen LogP contribution in [0.5, 0.6) is 0 Å². The monoisotopic (exact) mass is 394 g/mol. The first-order valence-corrected chi connectivity index (χ1v) is 10.5. The van der Waals surface area contributed by atoms with Crippen molar-refractivity contribution in [3.05, 3.63) is 70.8 Å². The van der Waals surface area contributed by atoms with Gasteiger partial charge in [-0.1, -0.05) is 55.8 Å². The fraction of sp³-hybridized carbons (Fsp3) is 0.417. The number of benzene rings is 2. The van der Waals surface area contributed by atoms with E-state index >= 15 is 0 Å². The van der Waals surface area contributed by atoms with E-state index in [9.17, 15) is 9.59 Å². The maximum absolute atomic E-state index is 12.5. The molecule has 0 saturated carbocycles. The van der Waals surface area contributed by atoms with Crippen molar-refractivity contribution in [1.29, 1.82) is 0 Å². The van der Waals surface area contributed by atoms with E-state index in [0.717, 1.165) is 38.3 Å². The maximum Gasteiger partial charge on any atom is 0.251 e. The molecule has 2 aromatic carbocycles. The van der Waals surface area contributed by atoms with Crippen LogP contribution in [-0.2, 0) is 11.3 Å². The smallest absolute Gasteiger partial charge is 0.251 e. The quantitative estimate of drug-likeness (QED) is 0.785. The third kappa shape index (κ3) is 5.91. The van der Waals surface area contributed by atoms with Gasteiger partial charge in [-0.25, -0.2) is 0 Å². The van der Waals surface area contributed by atoms with Crippen molar-refractivity contribution >= 4 is 11.8 Å². The summed E-state index contributed by atoms with van der Waals surface area (Å²) in [5.74, 6) is 0.347. The van der Waals surface area contributed by atoms with Crippen molar-refractivity contribution in [2.75, 3.05) is 32.7 Å². The summed E-state index contributed by atoms with van der Waals surface area (Å²) >= 11 is 0. The van der Waals surface area contributed by atoms with E-state index in [0.29, 0.717) is 11.5 Å². The van der Waals surface area contributed by atoms with Crippen LogP contribution < -0.4 is 10.2 Å². The first kappa shape index (κ1) is 21.1. The van der Waals surface area contributed by atoms with Gasteiger partial charge in [0.2, 0.25) is 5.91 Å². The third-order valence-electron chi connectivity index (χ3n) is 5.60. The van der Waals surface area contributed by atoms with Gasteiger partial charge in [0.15, 0.2) is 0 Å². The van der Waals surface area contributed by atoms with Crippen LogP contribution in [0.1, 0.15) is 46.8 Å². The minimum absolute atomic E-state index is 0.00802. The van der Waals surface area contributed by atoms with E-state index in [2.05, 4.69) is 43.4 Å². The SMILES string of the molecule is Cc1cccc(C(=O)NCC(=O)N2CC[NH+](Cc3ccc(C(C)C)cc3)CC2)c1. The van der Waals surface area contributed by atoms with Gasteiger partial charge in [-0.05, 0) is 30.5 Å². The molecule has 1 aliphatic rings. The van der Waals surface area contributed by atoms with Crippen LogP contribution in [0.3, 0.4) is 0 Å². The largest absolute Gasteiger partial charge is 0.343 e. The fourth-order valence-electron chi connectivity index (χ4n) is 3.71. The molecule has 0 unspecified atom stereocenters. The van der Waals surface area contributed by atoms with E-state index in [-0.39, 0.29) is 18.4 Å². The summed E-state index contributed by atoms with van der Waals surface area (Å²) in [5.41, 5.74) is 4.33. The zero-order valence-corrected chi connectivity index (χ0v) is 17.7. The number of piperazine rings is 1. The Morgan fingerprint density at radius 2 is 1.76 bits per heavy atom. The molecule has 0 bridgehead atoms. The number of nitrogens with zero attached hydrogens (tertiary/aromatic N) is 1. The molecule has 1 heterocycles. The maximum atomic E-state index is 12.5. The number of quaternary nitrogens is 1. The first-order chi connectivity index (χ1) is 13.9. The lowest BCUT2D eigenvalue weighted by Gasteiger charge is -2.32. The summed E-state index contributed by atoms with van der Waals surface area (Å²) in [5, 5.41) is 2.75. The Morgan fingerprint density at radius 1 is 1.07 bits per heavy atom. The molecule has 2 N–H and O–H groups in total. The Morgan fingerprint density at radius 3 is 2.38 bits per heavy atom. The predicted octanol–water partition coefficient (Wildman–Crippen LogP) is 1.78. The predicted molar refractivity (Wildman–Crippen MR) is 115 cm³/mol. The second-order valence-corrected chi connectivity index (χ2v) is 8.26. The average Bonchev–Trinajstić information content (AvgIpc) is 2.72. The summed E-state index contributed by atoms with van der Waals surface area (Å²) in [6.45, 7) is 10.7. The van der Waals surface area contributed by atoms with Gasteiger partial charge in [-0.3, -0.25) is 9.59 Å². The molecule has 0 radical (unpaired) electrons. The summed E-state index contributed by atoms with van der Waals surface area (Å²) in [6, 6.07) is 16.3. The molecule has 2 aromatic rings. The van der Waals surface area contributed by atoms with E-state index in [1.165, 1.54) is 16.0 Å². The molecule has 1 aliphatic heterocycles. The van der Waals surface area contributed by atoms with Gasteiger partial charge < -0.3 is 15.1 Å². The molecule has 2 amide bonds. The van der Waals surface area contributed by atoms with E-state index in [1.807, 2.05) is 30.0 Å². The van der Waals surface area contributed by atoms with E-state index in [1.54, 1.807) is 6.07 Å². The number of hydrogen-bond acceptors (Lipinski definition) is 2. The number of rotatable bonds is 6. The highest BCUT2D eigenvalue weighted by Crippen LogP contribution is 2.14. The minimum atomic E-state index is -0.198. The van der Waals surface area contributed by atoms with Gasteiger partial charge in [-0.2, -0.15) is 0 Å². The third-order valence-corrected chi connectivity index (χ3v) is 5.60. The highest BCUT2D eigenvalue weighted by Gasteiger charge is 2.24. The molecular formula is C24H32N3O2+. The second kappa shape index (κ2) is 9.70.